The fourth-order valence-corrected chi connectivity index (χ4v) is 6.59. The fourth-order valence-electron chi connectivity index (χ4n) is 6.59. The monoisotopic (exact) mass is 596 g/mol. The number of hydrogen-bond donors (Lipinski definition) is 5. The lowest BCUT2D eigenvalue weighted by atomic mass is 9.64. The molecule has 0 aromatic carbocycles. The molecule has 1 saturated carbocycles. The predicted octanol–water partition coefficient (Wildman–Crippen LogP) is 3.25. The number of hydrazine groups is 2. The number of nitrogens with one attached hydrogen (secondary N) is 5. The molecule has 3 aliphatic rings. The Balaban J connectivity index is 1.10. The van der Waals surface area contributed by atoms with Crippen molar-refractivity contribution in [1.29, 1.82) is 0 Å². The Hall–Kier alpha value is -1.50. The van der Waals surface area contributed by atoms with Crippen molar-refractivity contribution in [1.82, 2.24) is 31.9 Å². The van der Waals surface area contributed by atoms with Gasteiger partial charge in [-0.05, 0) is 43.9 Å². The maximum atomic E-state index is 12.0. The van der Waals surface area contributed by atoms with E-state index in [0.717, 1.165) is 38.8 Å². The molecule has 2 saturated heterocycles. The van der Waals surface area contributed by atoms with E-state index in [9.17, 15) is 9.59 Å². The molecule has 42 heavy (non-hydrogen) atoms. The standard InChI is InChI=1S/C31H60N6O5/c1-25-27(34-29(39)33-25)14-10-7-11-15-28(38)32-16-18-40-20-22-42-23-21-41-19-17-37-24-31(35-36-37,30(2,3)4)26-12-8-5-6-9-13-26/h25-27,35-36H,5-24H2,1-4H3,(H,32,38)(H2,33,34,39)/t25-,27+,31?/m0/s1. The molecule has 0 aromatic heterocycles. The third-order valence-corrected chi connectivity index (χ3v) is 9.28. The molecule has 0 aromatic rings. The predicted molar refractivity (Wildman–Crippen MR) is 165 cm³/mol. The van der Waals surface area contributed by atoms with Gasteiger partial charge in [0.2, 0.25) is 5.91 Å². The highest BCUT2D eigenvalue weighted by Gasteiger charge is 2.51. The Labute approximate surface area is 254 Å². The maximum absolute atomic E-state index is 12.0. The van der Waals surface area contributed by atoms with Gasteiger partial charge in [-0.2, -0.15) is 5.53 Å². The van der Waals surface area contributed by atoms with Crippen LogP contribution in [0.25, 0.3) is 0 Å². The van der Waals surface area contributed by atoms with E-state index in [0.29, 0.717) is 58.5 Å². The summed E-state index contributed by atoms with van der Waals surface area (Å²) < 4.78 is 17.0. The molecule has 0 radical (unpaired) electrons. The van der Waals surface area contributed by atoms with Crippen molar-refractivity contribution in [3.8, 4) is 0 Å². The Bertz CT molecular complexity index is 788. The third-order valence-electron chi connectivity index (χ3n) is 9.28. The SMILES string of the molecule is C[C@@H]1NC(=O)N[C@@H]1CCCCCC(=O)NCCOCCOCCOCCN1CC(C2CCCCCC2)(C(C)(C)C)NN1. The van der Waals surface area contributed by atoms with Crippen LogP contribution in [0, 0.1) is 11.3 Å². The number of unbranched alkanes of at least 4 members (excludes halogenated alkanes) is 2. The van der Waals surface area contributed by atoms with E-state index < -0.39 is 0 Å². The van der Waals surface area contributed by atoms with Gasteiger partial charge in [-0.15, -0.1) is 0 Å². The van der Waals surface area contributed by atoms with Gasteiger partial charge >= 0.3 is 6.03 Å². The summed E-state index contributed by atoms with van der Waals surface area (Å²) in [5.41, 5.74) is 7.43. The lowest BCUT2D eigenvalue weighted by molar-refractivity contribution is -0.121. The van der Waals surface area contributed by atoms with Crippen molar-refractivity contribution in [2.45, 2.75) is 116 Å². The lowest BCUT2D eigenvalue weighted by Crippen LogP contribution is -2.60. The van der Waals surface area contributed by atoms with E-state index in [1.165, 1.54) is 38.5 Å². The number of ether oxygens (including phenoxy) is 3. The molecule has 2 heterocycles. The van der Waals surface area contributed by atoms with E-state index in [4.69, 9.17) is 14.2 Å². The molecule has 3 atom stereocenters. The summed E-state index contributed by atoms with van der Waals surface area (Å²) in [4.78, 5) is 23.3. The van der Waals surface area contributed by atoms with Crippen LogP contribution in [0.3, 0.4) is 0 Å². The van der Waals surface area contributed by atoms with Crippen LogP contribution in [-0.4, -0.2) is 93.8 Å². The van der Waals surface area contributed by atoms with E-state index >= 15 is 0 Å². The number of urea groups is 1. The first-order chi connectivity index (χ1) is 20.2. The molecule has 11 heteroatoms. The van der Waals surface area contributed by atoms with Gasteiger partial charge in [-0.1, -0.05) is 59.3 Å². The van der Waals surface area contributed by atoms with Gasteiger partial charge in [-0.3, -0.25) is 4.79 Å². The quantitative estimate of drug-likeness (QED) is 0.114. The molecular formula is C31H60N6O5. The summed E-state index contributed by atoms with van der Waals surface area (Å²) in [7, 11) is 0. The second-order valence-corrected chi connectivity index (χ2v) is 13.4. The minimum Gasteiger partial charge on any atom is -0.378 e. The van der Waals surface area contributed by atoms with Gasteiger partial charge in [-0.25, -0.2) is 15.2 Å². The molecule has 11 nitrogen and oxygen atoms in total. The minimum absolute atomic E-state index is 0.0599. The molecular weight excluding hydrogens is 536 g/mol. The average Bonchev–Trinajstić information content (AvgIpc) is 3.40. The van der Waals surface area contributed by atoms with Gasteiger partial charge in [0.1, 0.15) is 0 Å². The van der Waals surface area contributed by atoms with Crippen molar-refractivity contribution in [2.75, 3.05) is 59.3 Å². The minimum atomic E-state index is -0.0827. The van der Waals surface area contributed by atoms with Crippen molar-refractivity contribution < 1.29 is 23.8 Å². The number of carbonyl (C=O) groups is 2. The molecule has 1 aliphatic carbocycles. The number of nitrogens with zero attached hydrogens (tertiary/aromatic N) is 1. The van der Waals surface area contributed by atoms with Crippen LogP contribution in [0.2, 0.25) is 0 Å². The van der Waals surface area contributed by atoms with Gasteiger partial charge in [0, 0.05) is 32.1 Å². The van der Waals surface area contributed by atoms with E-state index in [1.807, 2.05) is 6.92 Å². The number of amides is 3. The zero-order chi connectivity index (χ0) is 30.3. The summed E-state index contributed by atoms with van der Waals surface area (Å²) in [6.45, 7) is 14.7. The average molecular weight is 597 g/mol. The van der Waals surface area contributed by atoms with E-state index in [-0.39, 0.29) is 35.0 Å². The van der Waals surface area contributed by atoms with Crippen molar-refractivity contribution >= 4 is 11.9 Å². The molecule has 0 bridgehead atoms. The number of hydrogen-bond acceptors (Lipinski definition) is 8. The molecule has 2 aliphatic heterocycles. The second-order valence-electron chi connectivity index (χ2n) is 13.4. The summed E-state index contributed by atoms with van der Waals surface area (Å²) in [5, 5.41) is 11.0. The van der Waals surface area contributed by atoms with E-state index in [2.05, 4.69) is 52.7 Å². The normalized spacial score (nSPS) is 25.8. The van der Waals surface area contributed by atoms with Crippen LogP contribution in [0.1, 0.15) is 98.3 Å². The molecule has 5 N–H and O–H groups in total. The van der Waals surface area contributed by atoms with Gasteiger partial charge in [0.05, 0.1) is 51.2 Å². The van der Waals surface area contributed by atoms with Gasteiger partial charge in [0.15, 0.2) is 0 Å². The topological polar surface area (TPSA) is 125 Å². The fraction of sp³-hybridized carbons (Fsp3) is 0.935. The third kappa shape index (κ3) is 11.5. The first-order valence-corrected chi connectivity index (χ1v) is 16.6. The van der Waals surface area contributed by atoms with Gasteiger partial charge < -0.3 is 30.2 Å². The highest BCUT2D eigenvalue weighted by atomic mass is 16.5. The second kappa shape index (κ2) is 18.3. The lowest BCUT2D eigenvalue weighted by Gasteiger charge is -2.47. The summed E-state index contributed by atoms with van der Waals surface area (Å²) >= 11 is 0. The van der Waals surface area contributed by atoms with Crippen molar-refractivity contribution in [2.24, 2.45) is 11.3 Å². The summed E-state index contributed by atoms with van der Waals surface area (Å²) in [5.74, 6) is 0.756. The summed E-state index contributed by atoms with van der Waals surface area (Å²) in [6, 6.07) is 0.284. The van der Waals surface area contributed by atoms with Crippen LogP contribution < -0.4 is 26.9 Å². The van der Waals surface area contributed by atoms with Crippen molar-refractivity contribution in [3.63, 3.8) is 0 Å². The van der Waals surface area contributed by atoms with Crippen LogP contribution in [-0.2, 0) is 19.0 Å². The zero-order valence-corrected chi connectivity index (χ0v) is 26.9. The molecule has 3 amide bonds. The largest absolute Gasteiger partial charge is 0.378 e. The molecule has 3 fully saturated rings. The first-order valence-electron chi connectivity index (χ1n) is 16.6. The Kier molecular flexibility index (Phi) is 15.3. The molecule has 1 unspecified atom stereocenters. The smallest absolute Gasteiger partial charge is 0.315 e. The Morgan fingerprint density at radius 3 is 2.24 bits per heavy atom. The first kappa shape index (κ1) is 35.0. The van der Waals surface area contributed by atoms with Crippen LogP contribution in [0.4, 0.5) is 4.79 Å². The number of carbonyl (C=O) groups excluding carboxylic acids is 2. The highest BCUT2D eigenvalue weighted by molar-refractivity contribution is 5.77. The van der Waals surface area contributed by atoms with Gasteiger partial charge in [0.25, 0.3) is 0 Å². The maximum Gasteiger partial charge on any atom is 0.315 e. The van der Waals surface area contributed by atoms with Crippen molar-refractivity contribution in [3.05, 3.63) is 0 Å². The van der Waals surface area contributed by atoms with E-state index in [1.54, 1.807) is 0 Å². The highest BCUT2D eigenvalue weighted by Crippen LogP contribution is 2.44. The zero-order valence-electron chi connectivity index (χ0n) is 26.9. The molecule has 244 valence electrons. The van der Waals surface area contributed by atoms with Crippen LogP contribution in [0.5, 0.6) is 0 Å². The van der Waals surface area contributed by atoms with Crippen LogP contribution in [0.15, 0.2) is 0 Å². The molecule has 3 rings (SSSR count). The Morgan fingerprint density at radius 1 is 0.929 bits per heavy atom. The summed E-state index contributed by atoms with van der Waals surface area (Å²) in [6.07, 6.45) is 12.4. The number of rotatable bonds is 19. The Morgan fingerprint density at radius 2 is 1.60 bits per heavy atom. The molecule has 0 spiro atoms. The van der Waals surface area contributed by atoms with Crippen LogP contribution >= 0.6 is 0 Å².